The van der Waals surface area contributed by atoms with Gasteiger partial charge in [0.25, 0.3) is 0 Å². The molecule has 0 aliphatic carbocycles. The van der Waals surface area contributed by atoms with Crippen LogP contribution in [0.25, 0.3) is 10.9 Å². The molecule has 0 spiro atoms. The molecule has 0 saturated carbocycles. The maximum atomic E-state index is 11.4. The molecule has 4 heteroatoms. The Labute approximate surface area is 112 Å². The summed E-state index contributed by atoms with van der Waals surface area (Å²) in [5.41, 5.74) is 3.08. The average Bonchev–Trinajstić information content (AvgIpc) is 2.42. The molecule has 2 rings (SSSR count). The molecule has 100 valence electrons. The Kier molecular flexibility index (Phi) is 4.47. The minimum Gasteiger partial charge on any atom is -0.395 e. The van der Waals surface area contributed by atoms with Crippen LogP contribution < -0.4 is 5.32 Å². The van der Waals surface area contributed by atoms with Crippen LogP contribution in [0.4, 0.5) is 0 Å². The van der Waals surface area contributed by atoms with Crippen molar-refractivity contribution in [1.82, 2.24) is 10.3 Å². The van der Waals surface area contributed by atoms with Gasteiger partial charge < -0.3 is 10.4 Å². The molecular formula is C15H18N2O2. The summed E-state index contributed by atoms with van der Waals surface area (Å²) < 4.78 is 0. The van der Waals surface area contributed by atoms with Crippen molar-refractivity contribution in [2.45, 2.75) is 19.8 Å². The molecule has 0 saturated heterocycles. The Balaban J connectivity index is 2.01. The number of carbonyl (C=O) groups excluding carboxylic acids is 1. The highest BCUT2D eigenvalue weighted by Crippen LogP contribution is 2.15. The smallest absolute Gasteiger partial charge is 0.220 e. The first-order valence-corrected chi connectivity index (χ1v) is 6.43. The van der Waals surface area contributed by atoms with Gasteiger partial charge in [0, 0.05) is 24.0 Å². The number of rotatable bonds is 5. The lowest BCUT2D eigenvalue weighted by Gasteiger charge is -2.05. The van der Waals surface area contributed by atoms with Crippen LogP contribution in [0, 0.1) is 6.92 Å². The number of carbonyl (C=O) groups is 1. The van der Waals surface area contributed by atoms with Gasteiger partial charge in [-0.3, -0.25) is 9.78 Å². The standard InChI is InChI=1S/C15H18N2O2/c1-11-2-6-14-12(10-11)3-4-13(17-14)5-7-15(19)16-8-9-18/h2-4,6,10,18H,5,7-9H2,1H3,(H,16,19). The third kappa shape index (κ3) is 3.76. The van der Waals surface area contributed by atoms with E-state index in [-0.39, 0.29) is 12.5 Å². The highest BCUT2D eigenvalue weighted by atomic mass is 16.3. The lowest BCUT2D eigenvalue weighted by atomic mass is 10.1. The van der Waals surface area contributed by atoms with Gasteiger partial charge in [-0.25, -0.2) is 0 Å². The predicted molar refractivity (Wildman–Crippen MR) is 74.9 cm³/mol. The van der Waals surface area contributed by atoms with Crippen LogP contribution in [0.5, 0.6) is 0 Å². The molecule has 1 heterocycles. The van der Waals surface area contributed by atoms with Crippen molar-refractivity contribution >= 4 is 16.8 Å². The van der Waals surface area contributed by atoms with E-state index in [4.69, 9.17) is 5.11 Å². The Bertz CT molecular complexity index is 581. The number of nitrogens with one attached hydrogen (secondary N) is 1. The molecule has 4 nitrogen and oxygen atoms in total. The van der Waals surface area contributed by atoms with Crippen LogP contribution in [0.1, 0.15) is 17.7 Å². The van der Waals surface area contributed by atoms with Crippen molar-refractivity contribution in [2.75, 3.05) is 13.2 Å². The molecule has 0 aliphatic heterocycles. The second-order valence-electron chi connectivity index (χ2n) is 4.57. The predicted octanol–water partition coefficient (Wildman–Crippen LogP) is 1.58. The molecule has 0 atom stereocenters. The van der Waals surface area contributed by atoms with E-state index in [0.29, 0.717) is 19.4 Å². The van der Waals surface area contributed by atoms with E-state index in [2.05, 4.69) is 23.3 Å². The van der Waals surface area contributed by atoms with Gasteiger partial charge in [0.05, 0.1) is 12.1 Å². The number of aliphatic hydroxyl groups excluding tert-OH is 1. The Morgan fingerprint density at radius 2 is 2.16 bits per heavy atom. The van der Waals surface area contributed by atoms with Gasteiger partial charge in [-0.2, -0.15) is 0 Å². The molecule has 1 aromatic carbocycles. The molecule has 1 amide bonds. The topological polar surface area (TPSA) is 62.2 Å². The molecule has 0 aliphatic rings. The molecule has 0 unspecified atom stereocenters. The summed E-state index contributed by atoms with van der Waals surface area (Å²) in [5.74, 6) is -0.0557. The van der Waals surface area contributed by atoms with E-state index < -0.39 is 0 Å². The SMILES string of the molecule is Cc1ccc2nc(CCC(=O)NCCO)ccc2c1. The minimum absolute atomic E-state index is 0.0285. The number of hydrogen-bond acceptors (Lipinski definition) is 3. The Hall–Kier alpha value is -1.94. The third-order valence-electron chi connectivity index (χ3n) is 2.94. The first-order valence-electron chi connectivity index (χ1n) is 6.43. The van der Waals surface area contributed by atoms with Crippen molar-refractivity contribution in [1.29, 1.82) is 0 Å². The summed E-state index contributed by atoms with van der Waals surface area (Å²) in [5, 5.41) is 12.4. The van der Waals surface area contributed by atoms with Crippen LogP contribution in [0.15, 0.2) is 30.3 Å². The number of pyridine rings is 1. The maximum Gasteiger partial charge on any atom is 0.220 e. The molecule has 0 fully saturated rings. The van der Waals surface area contributed by atoms with Crippen LogP contribution >= 0.6 is 0 Å². The van der Waals surface area contributed by atoms with Crippen LogP contribution in [0.3, 0.4) is 0 Å². The number of aliphatic hydroxyl groups is 1. The number of aryl methyl sites for hydroxylation is 2. The number of hydrogen-bond donors (Lipinski definition) is 2. The number of aromatic nitrogens is 1. The Morgan fingerprint density at radius 1 is 1.32 bits per heavy atom. The molecule has 19 heavy (non-hydrogen) atoms. The molecule has 0 bridgehead atoms. The zero-order chi connectivity index (χ0) is 13.7. The largest absolute Gasteiger partial charge is 0.395 e. The van der Waals surface area contributed by atoms with Gasteiger partial charge in [0.15, 0.2) is 0 Å². The van der Waals surface area contributed by atoms with Crippen molar-refractivity contribution < 1.29 is 9.90 Å². The van der Waals surface area contributed by atoms with Crippen molar-refractivity contribution in [3.63, 3.8) is 0 Å². The van der Waals surface area contributed by atoms with Crippen molar-refractivity contribution in [2.24, 2.45) is 0 Å². The second-order valence-corrected chi connectivity index (χ2v) is 4.57. The van der Waals surface area contributed by atoms with Gasteiger partial charge in [-0.05, 0) is 31.5 Å². The van der Waals surface area contributed by atoms with Crippen LogP contribution in [-0.4, -0.2) is 29.1 Å². The van der Waals surface area contributed by atoms with E-state index in [1.165, 1.54) is 5.56 Å². The summed E-state index contributed by atoms with van der Waals surface area (Å²) in [4.78, 5) is 16.0. The quantitative estimate of drug-likeness (QED) is 0.856. The minimum atomic E-state index is -0.0557. The third-order valence-corrected chi connectivity index (χ3v) is 2.94. The average molecular weight is 258 g/mol. The summed E-state index contributed by atoms with van der Waals surface area (Å²) in [6, 6.07) is 10.1. The number of benzene rings is 1. The lowest BCUT2D eigenvalue weighted by molar-refractivity contribution is -0.121. The number of nitrogens with zero attached hydrogens (tertiary/aromatic N) is 1. The lowest BCUT2D eigenvalue weighted by Crippen LogP contribution is -2.26. The zero-order valence-corrected chi connectivity index (χ0v) is 11.0. The Morgan fingerprint density at radius 3 is 2.95 bits per heavy atom. The molecule has 2 aromatic rings. The number of fused-ring (bicyclic) bond motifs is 1. The summed E-state index contributed by atoms with van der Waals surface area (Å²) in [6.45, 7) is 2.33. The zero-order valence-electron chi connectivity index (χ0n) is 11.0. The van der Waals surface area contributed by atoms with E-state index >= 15 is 0 Å². The van der Waals surface area contributed by atoms with Gasteiger partial charge in [0.2, 0.25) is 5.91 Å². The van der Waals surface area contributed by atoms with E-state index in [0.717, 1.165) is 16.6 Å². The first kappa shape index (κ1) is 13.5. The van der Waals surface area contributed by atoms with Crippen molar-refractivity contribution in [3.8, 4) is 0 Å². The van der Waals surface area contributed by atoms with Crippen molar-refractivity contribution in [3.05, 3.63) is 41.6 Å². The summed E-state index contributed by atoms with van der Waals surface area (Å²) in [6.07, 6.45) is 1.01. The fourth-order valence-electron chi connectivity index (χ4n) is 1.95. The van der Waals surface area contributed by atoms with Gasteiger partial charge in [0.1, 0.15) is 0 Å². The summed E-state index contributed by atoms with van der Waals surface area (Å²) in [7, 11) is 0. The van der Waals surface area contributed by atoms with Crippen LogP contribution in [-0.2, 0) is 11.2 Å². The second kappa shape index (κ2) is 6.29. The highest BCUT2D eigenvalue weighted by Gasteiger charge is 2.03. The summed E-state index contributed by atoms with van der Waals surface area (Å²) >= 11 is 0. The monoisotopic (exact) mass is 258 g/mol. The van der Waals surface area contributed by atoms with Gasteiger partial charge in [-0.1, -0.05) is 17.7 Å². The molecule has 0 radical (unpaired) electrons. The fourth-order valence-corrected chi connectivity index (χ4v) is 1.95. The highest BCUT2D eigenvalue weighted by molar-refractivity contribution is 5.79. The number of amides is 1. The fraction of sp³-hybridized carbons (Fsp3) is 0.333. The van der Waals surface area contributed by atoms with E-state index in [9.17, 15) is 4.79 Å². The molecule has 1 aromatic heterocycles. The maximum absolute atomic E-state index is 11.4. The van der Waals surface area contributed by atoms with Gasteiger partial charge in [-0.15, -0.1) is 0 Å². The van der Waals surface area contributed by atoms with E-state index in [1.807, 2.05) is 24.3 Å². The van der Waals surface area contributed by atoms with E-state index in [1.54, 1.807) is 0 Å². The normalized spacial score (nSPS) is 10.6. The molecular weight excluding hydrogens is 240 g/mol. The first-order chi connectivity index (χ1) is 9.19. The molecule has 2 N–H and O–H groups in total. The van der Waals surface area contributed by atoms with Crippen LogP contribution in [0.2, 0.25) is 0 Å². The van der Waals surface area contributed by atoms with Gasteiger partial charge >= 0.3 is 0 Å².